The molecule has 0 aromatic heterocycles. The molecule has 0 radical (unpaired) electrons. The molecule has 6 rings (SSSR count). The highest BCUT2D eigenvalue weighted by molar-refractivity contribution is 6.26. The second-order valence-electron chi connectivity index (χ2n) is 10.0. The molecule has 3 aliphatic rings. The first-order valence-electron chi connectivity index (χ1n) is 12.1. The number of amides is 2. The van der Waals surface area contributed by atoms with Crippen molar-refractivity contribution in [3.8, 4) is 11.8 Å². The Hall–Kier alpha value is -4.24. The molecule has 2 amide bonds. The fourth-order valence-electron chi connectivity index (χ4n) is 6.40. The third-order valence-electron chi connectivity index (χ3n) is 8.14. The maximum atomic E-state index is 14.0. The van der Waals surface area contributed by atoms with E-state index in [1.54, 1.807) is 61.5 Å². The van der Waals surface area contributed by atoms with E-state index in [4.69, 9.17) is 16.0 Å². The highest BCUT2D eigenvalue weighted by atomic mass is 16.6. The van der Waals surface area contributed by atoms with Gasteiger partial charge in [-0.2, -0.15) is 5.26 Å². The van der Waals surface area contributed by atoms with E-state index >= 15 is 0 Å². The molecule has 0 aliphatic carbocycles. The van der Waals surface area contributed by atoms with Gasteiger partial charge in [-0.3, -0.25) is 9.59 Å². The van der Waals surface area contributed by atoms with Gasteiger partial charge in [-0.15, -0.1) is 0 Å². The van der Waals surface area contributed by atoms with Crippen LogP contribution in [-0.2, 0) is 14.3 Å². The average molecular weight is 494 g/mol. The molecule has 37 heavy (non-hydrogen) atoms. The average Bonchev–Trinajstić information content (AvgIpc) is 3.44. The summed E-state index contributed by atoms with van der Waals surface area (Å²) in [4.78, 5) is 32.4. The Morgan fingerprint density at radius 3 is 2.51 bits per heavy atom. The van der Waals surface area contributed by atoms with Gasteiger partial charge in [-0.1, -0.05) is 36.4 Å². The summed E-state index contributed by atoms with van der Waals surface area (Å²) in [5.74, 6) is -1.75. The molecule has 184 valence electrons. The minimum atomic E-state index is -1.19. The predicted molar refractivity (Wildman–Crippen MR) is 134 cm³/mol. The summed E-state index contributed by atoms with van der Waals surface area (Å²) in [5.41, 5.74) is -0.830. The Morgan fingerprint density at radius 1 is 1.11 bits per heavy atom. The number of ether oxygens (including phenoxy) is 2. The number of fused-ring (bicyclic) bond motifs is 6. The van der Waals surface area contributed by atoms with Crippen molar-refractivity contribution in [3.05, 3.63) is 77.6 Å². The van der Waals surface area contributed by atoms with Crippen LogP contribution in [0.3, 0.4) is 0 Å². The molecule has 3 fully saturated rings. The first-order valence-corrected chi connectivity index (χ1v) is 12.1. The number of aliphatic hydroxyl groups is 1. The molecule has 3 heterocycles. The predicted octanol–water partition coefficient (Wildman–Crippen LogP) is 4.13. The number of hydrogen-bond donors (Lipinski definition) is 1. The van der Waals surface area contributed by atoms with Crippen LogP contribution < -0.4 is 9.64 Å². The maximum Gasteiger partial charge on any atom is 0.240 e. The molecule has 0 saturated carbocycles. The van der Waals surface area contributed by atoms with Crippen molar-refractivity contribution in [3.63, 3.8) is 0 Å². The van der Waals surface area contributed by atoms with Gasteiger partial charge in [0.2, 0.25) is 11.8 Å². The van der Waals surface area contributed by atoms with Gasteiger partial charge < -0.3 is 14.6 Å². The third kappa shape index (κ3) is 3.20. The summed E-state index contributed by atoms with van der Waals surface area (Å²) in [6, 6.07) is 19.4. The van der Waals surface area contributed by atoms with Gasteiger partial charge in [-0.05, 0) is 31.2 Å². The molecule has 1 N–H and O–H groups in total. The van der Waals surface area contributed by atoms with Crippen molar-refractivity contribution < 1.29 is 24.2 Å². The number of nitriles is 1. The van der Waals surface area contributed by atoms with E-state index in [0.717, 1.165) is 0 Å². The molecule has 3 aromatic rings. The minimum absolute atomic E-state index is 0.213. The van der Waals surface area contributed by atoms with E-state index in [0.29, 0.717) is 39.9 Å². The second kappa shape index (κ2) is 8.14. The Bertz CT molecular complexity index is 1540. The van der Waals surface area contributed by atoms with Gasteiger partial charge in [0.15, 0.2) is 5.69 Å². The molecule has 8 nitrogen and oxygen atoms in total. The van der Waals surface area contributed by atoms with Crippen molar-refractivity contribution in [1.29, 1.82) is 5.26 Å². The lowest BCUT2D eigenvalue weighted by atomic mass is 9.66. The molecule has 0 spiro atoms. The summed E-state index contributed by atoms with van der Waals surface area (Å²) >= 11 is 0. The van der Waals surface area contributed by atoms with Crippen molar-refractivity contribution in [2.24, 2.45) is 11.8 Å². The largest absolute Gasteiger partial charge is 0.494 e. The minimum Gasteiger partial charge on any atom is -0.494 e. The van der Waals surface area contributed by atoms with Crippen LogP contribution >= 0.6 is 0 Å². The normalized spacial score (nSPS) is 29.8. The van der Waals surface area contributed by atoms with E-state index in [1.165, 1.54) is 4.90 Å². The molecular weight excluding hydrogens is 470 g/mol. The lowest BCUT2D eigenvalue weighted by Crippen LogP contribution is -2.49. The van der Waals surface area contributed by atoms with E-state index in [9.17, 15) is 20.0 Å². The number of rotatable bonds is 5. The van der Waals surface area contributed by atoms with Crippen LogP contribution in [0.2, 0.25) is 0 Å². The fraction of sp³-hybridized carbons (Fsp3) is 0.310. The molecular formula is C29H23N3O5. The van der Waals surface area contributed by atoms with Crippen molar-refractivity contribution in [2.45, 2.75) is 37.1 Å². The van der Waals surface area contributed by atoms with E-state index in [2.05, 4.69) is 10.9 Å². The number of hydrogen-bond acceptors (Lipinski definition) is 6. The van der Waals surface area contributed by atoms with Crippen LogP contribution in [0.25, 0.3) is 15.6 Å². The molecule has 3 aliphatic heterocycles. The van der Waals surface area contributed by atoms with Crippen molar-refractivity contribution >= 4 is 34.0 Å². The van der Waals surface area contributed by atoms with Crippen LogP contribution in [0.1, 0.15) is 25.3 Å². The first kappa shape index (κ1) is 23.2. The zero-order chi connectivity index (χ0) is 25.9. The highest BCUT2D eigenvalue weighted by Gasteiger charge is 2.77. The molecule has 8 heteroatoms. The lowest BCUT2D eigenvalue weighted by molar-refractivity contribution is -0.134. The van der Waals surface area contributed by atoms with Crippen LogP contribution in [0.4, 0.5) is 11.4 Å². The molecule has 2 unspecified atom stereocenters. The van der Waals surface area contributed by atoms with Crippen LogP contribution in [0, 0.1) is 29.7 Å². The zero-order valence-corrected chi connectivity index (χ0v) is 20.0. The lowest BCUT2D eigenvalue weighted by Gasteiger charge is -2.33. The third-order valence-corrected chi connectivity index (χ3v) is 8.14. The molecule has 3 aromatic carbocycles. The van der Waals surface area contributed by atoms with Gasteiger partial charge in [0.25, 0.3) is 0 Å². The van der Waals surface area contributed by atoms with Gasteiger partial charge in [-0.25, -0.2) is 9.74 Å². The summed E-state index contributed by atoms with van der Waals surface area (Å²) in [7, 11) is 0. The summed E-state index contributed by atoms with van der Waals surface area (Å²) < 4.78 is 12.3. The number of carbonyl (C=O) groups excluding carboxylic acids is 2. The standard InChI is InChI=1S/C29H23N3O5/c1-28-23(33)15-29(37-28,13-14-36-19-10-8-18(31-2)9-11-19)25-24(28)26(34)32(27(25)35)22-12-7-17(16-30)20-5-3-4-6-21(20)22/h3-12,23-25,33H,13-15H2,1H3/t23-,24-,25+,28?,29?/m0/s1. The first-order chi connectivity index (χ1) is 17.8. The maximum absolute atomic E-state index is 14.0. The van der Waals surface area contributed by atoms with Crippen molar-refractivity contribution in [1.82, 2.24) is 0 Å². The molecule has 3 saturated heterocycles. The SMILES string of the molecule is [C-]#[N+]c1ccc(OCCC23C[C@H](O)C(C)(O2)[C@@H]2C(=O)N(c4ccc(C#N)c5ccccc45)C(=O)[C@@H]23)cc1. The van der Waals surface area contributed by atoms with Crippen LogP contribution in [0.5, 0.6) is 5.75 Å². The van der Waals surface area contributed by atoms with E-state index in [-0.39, 0.29) is 18.9 Å². The van der Waals surface area contributed by atoms with Crippen LogP contribution in [0.15, 0.2) is 60.7 Å². The summed E-state index contributed by atoms with van der Waals surface area (Å²) in [5, 5.41) is 21.8. The Balaban J connectivity index is 1.34. The number of anilines is 1. The summed E-state index contributed by atoms with van der Waals surface area (Å²) in [6.07, 6.45) is -0.362. The molecule has 5 atom stereocenters. The number of nitrogens with zero attached hydrogens (tertiary/aromatic N) is 3. The quantitative estimate of drug-likeness (QED) is 0.423. The summed E-state index contributed by atoms with van der Waals surface area (Å²) in [6.45, 7) is 8.99. The Kier molecular flexibility index (Phi) is 5.10. The Morgan fingerprint density at radius 2 is 1.81 bits per heavy atom. The van der Waals surface area contributed by atoms with E-state index < -0.39 is 35.0 Å². The topological polar surface area (TPSA) is 104 Å². The number of carbonyl (C=O) groups is 2. The smallest absolute Gasteiger partial charge is 0.240 e. The number of aliphatic hydroxyl groups excluding tert-OH is 1. The number of benzene rings is 3. The second-order valence-corrected chi connectivity index (χ2v) is 10.0. The fourth-order valence-corrected chi connectivity index (χ4v) is 6.40. The van der Waals surface area contributed by atoms with E-state index in [1.807, 2.05) is 6.07 Å². The van der Waals surface area contributed by atoms with Crippen molar-refractivity contribution in [2.75, 3.05) is 11.5 Å². The molecule has 2 bridgehead atoms. The van der Waals surface area contributed by atoms with Gasteiger partial charge in [0, 0.05) is 23.6 Å². The Labute approximate surface area is 213 Å². The van der Waals surface area contributed by atoms with Crippen LogP contribution in [-0.4, -0.2) is 40.8 Å². The zero-order valence-electron chi connectivity index (χ0n) is 20.0. The van der Waals surface area contributed by atoms with Gasteiger partial charge >= 0.3 is 0 Å². The van der Waals surface area contributed by atoms with Gasteiger partial charge in [0.1, 0.15) is 11.4 Å². The monoisotopic (exact) mass is 493 g/mol. The number of imide groups is 1. The van der Waals surface area contributed by atoms with Gasteiger partial charge in [0.05, 0.1) is 54.0 Å². The highest BCUT2D eigenvalue weighted by Crippen LogP contribution is 2.62.